The van der Waals surface area contributed by atoms with Crippen molar-refractivity contribution in [1.82, 2.24) is 9.78 Å². The normalized spacial score (nSPS) is 10.6. The first-order chi connectivity index (χ1) is 10.6. The summed E-state index contributed by atoms with van der Waals surface area (Å²) in [5.41, 5.74) is 7.51. The molecule has 4 nitrogen and oxygen atoms in total. The van der Waals surface area contributed by atoms with Gasteiger partial charge in [0, 0.05) is 9.13 Å². The van der Waals surface area contributed by atoms with Crippen LogP contribution in [0.1, 0.15) is 15.9 Å². The summed E-state index contributed by atoms with van der Waals surface area (Å²) in [5, 5.41) is 4.13. The van der Waals surface area contributed by atoms with E-state index in [0.29, 0.717) is 16.8 Å². The Hall–Kier alpha value is -2.22. The van der Waals surface area contributed by atoms with Gasteiger partial charge in [0.25, 0.3) is 0 Å². The van der Waals surface area contributed by atoms with Crippen LogP contribution in [0.4, 0.5) is 10.2 Å². The molecule has 1 heterocycles. The molecule has 0 aliphatic rings. The number of anilines is 1. The number of halogens is 2. The van der Waals surface area contributed by atoms with Crippen molar-refractivity contribution in [3.05, 3.63) is 75.2 Å². The van der Waals surface area contributed by atoms with Crippen molar-refractivity contribution in [2.24, 2.45) is 0 Å². The van der Waals surface area contributed by atoms with E-state index < -0.39 is 0 Å². The van der Waals surface area contributed by atoms with Crippen molar-refractivity contribution in [2.45, 2.75) is 0 Å². The number of carbonyl (C=O) groups is 1. The average Bonchev–Trinajstić information content (AvgIpc) is 2.89. The predicted octanol–water partition coefficient (Wildman–Crippen LogP) is 3.43. The van der Waals surface area contributed by atoms with Crippen LogP contribution in [-0.4, -0.2) is 15.6 Å². The summed E-state index contributed by atoms with van der Waals surface area (Å²) in [6.07, 6.45) is 1.43. The molecule has 0 aliphatic carbocycles. The van der Waals surface area contributed by atoms with Crippen molar-refractivity contribution >= 4 is 34.2 Å². The molecule has 0 saturated heterocycles. The highest BCUT2D eigenvalue weighted by atomic mass is 127. The van der Waals surface area contributed by atoms with Crippen molar-refractivity contribution in [1.29, 1.82) is 0 Å². The van der Waals surface area contributed by atoms with Crippen molar-refractivity contribution in [2.75, 3.05) is 5.73 Å². The summed E-state index contributed by atoms with van der Waals surface area (Å²) >= 11 is 2.14. The largest absolute Gasteiger partial charge is 0.383 e. The Balaban J connectivity index is 2.00. The number of nitrogens with two attached hydrogens (primary N) is 1. The molecule has 2 aromatic carbocycles. The number of ketones is 1. The second kappa shape index (κ2) is 5.88. The molecule has 0 fully saturated rings. The number of hydrogen-bond donors (Lipinski definition) is 1. The van der Waals surface area contributed by atoms with Gasteiger partial charge >= 0.3 is 0 Å². The zero-order valence-electron chi connectivity index (χ0n) is 11.3. The van der Waals surface area contributed by atoms with Gasteiger partial charge < -0.3 is 5.73 Å². The Morgan fingerprint density at radius 2 is 1.91 bits per heavy atom. The van der Waals surface area contributed by atoms with Crippen LogP contribution >= 0.6 is 22.6 Å². The number of benzene rings is 2. The summed E-state index contributed by atoms with van der Waals surface area (Å²) in [5.74, 6) is -0.301. The van der Waals surface area contributed by atoms with Crippen LogP contribution in [0.15, 0.2) is 54.7 Å². The number of carbonyl (C=O) groups excluding carboxylic acids is 1. The molecule has 22 heavy (non-hydrogen) atoms. The van der Waals surface area contributed by atoms with Gasteiger partial charge in [-0.15, -0.1) is 0 Å². The van der Waals surface area contributed by atoms with Crippen LogP contribution in [0.3, 0.4) is 0 Å². The van der Waals surface area contributed by atoms with Crippen LogP contribution in [0, 0.1) is 9.39 Å². The maximum atomic E-state index is 13.0. The van der Waals surface area contributed by atoms with Crippen LogP contribution in [0.2, 0.25) is 0 Å². The second-order valence-electron chi connectivity index (χ2n) is 4.67. The summed E-state index contributed by atoms with van der Waals surface area (Å²) in [6, 6.07) is 13.0. The number of hydrogen-bond acceptors (Lipinski definition) is 3. The van der Waals surface area contributed by atoms with Crippen LogP contribution in [0.25, 0.3) is 5.69 Å². The van der Waals surface area contributed by atoms with E-state index >= 15 is 0 Å². The minimum atomic E-state index is -0.343. The maximum absolute atomic E-state index is 13.0. The van der Waals surface area contributed by atoms with E-state index in [1.807, 2.05) is 12.1 Å². The SMILES string of the molecule is Nc1c(C(=O)c2cccc(I)c2)cnn1-c1ccc(F)cc1. The van der Waals surface area contributed by atoms with E-state index in [1.54, 1.807) is 24.3 Å². The summed E-state index contributed by atoms with van der Waals surface area (Å²) in [6.45, 7) is 0. The fraction of sp³-hybridized carbons (Fsp3) is 0. The first-order valence-electron chi connectivity index (χ1n) is 6.46. The van der Waals surface area contributed by atoms with Gasteiger partial charge in [0.05, 0.1) is 17.4 Å². The Kier molecular flexibility index (Phi) is 3.93. The molecule has 0 saturated carbocycles. The van der Waals surface area contributed by atoms with Crippen LogP contribution < -0.4 is 5.73 Å². The molecule has 110 valence electrons. The van der Waals surface area contributed by atoms with Gasteiger partial charge in [-0.25, -0.2) is 9.07 Å². The topological polar surface area (TPSA) is 60.9 Å². The van der Waals surface area contributed by atoms with E-state index in [-0.39, 0.29) is 17.4 Å². The van der Waals surface area contributed by atoms with Crippen LogP contribution in [0.5, 0.6) is 0 Å². The zero-order chi connectivity index (χ0) is 15.7. The fourth-order valence-electron chi connectivity index (χ4n) is 2.11. The quantitative estimate of drug-likeness (QED) is 0.535. The van der Waals surface area contributed by atoms with E-state index in [1.165, 1.54) is 23.0 Å². The van der Waals surface area contributed by atoms with Gasteiger partial charge in [0.1, 0.15) is 11.6 Å². The highest BCUT2D eigenvalue weighted by Gasteiger charge is 2.17. The van der Waals surface area contributed by atoms with Crippen molar-refractivity contribution < 1.29 is 9.18 Å². The lowest BCUT2D eigenvalue weighted by molar-refractivity contribution is 0.103. The van der Waals surface area contributed by atoms with Gasteiger partial charge in [-0.05, 0) is 59.0 Å². The van der Waals surface area contributed by atoms with E-state index in [0.717, 1.165) is 3.57 Å². The van der Waals surface area contributed by atoms with Gasteiger partial charge in [-0.2, -0.15) is 5.10 Å². The number of nitrogens with zero attached hydrogens (tertiary/aromatic N) is 2. The molecule has 6 heteroatoms. The lowest BCUT2D eigenvalue weighted by atomic mass is 10.1. The van der Waals surface area contributed by atoms with E-state index in [9.17, 15) is 9.18 Å². The third kappa shape index (κ3) is 2.74. The van der Waals surface area contributed by atoms with Gasteiger partial charge in [0.15, 0.2) is 5.78 Å². The molecule has 0 atom stereocenters. The molecule has 0 aliphatic heterocycles. The summed E-state index contributed by atoms with van der Waals surface area (Å²) in [4.78, 5) is 12.5. The number of aromatic nitrogens is 2. The maximum Gasteiger partial charge on any atom is 0.198 e. The van der Waals surface area contributed by atoms with Gasteiger partial charge in [0.2, 0.25) is 0 Å². The highest BCUT2D eigenvalue weighted by Crippen LogP contribution is 2.21. The molecule has 3 rings (SSSR count). The lowest BCUT2D eigenvalue weighted by Gasteiger charge is -2.05. The first kappa shape index (κ1) is 14.7. The molecular weight excluding hydrogens is 396 g/mol. The molecule has 0 spiro atoms. The third-order valence-corrected chi connectivity index (χ3v) is 3.88. The van der Waals surface area contributed by atoms with E-state index in [2.05, 4.69) is 27.7 Å². The van der Waals surface area contributed by atoms with Gasteiger partial charge in [-0.3, -0.25) is 4.79 Å². The summed E-state index contributed by atoms with van der Waals surface area (Å²) in [7, 11) is 0. The number of nitrogen functional groups attached to an aromatic ring is 1. The molecule has 1 aromatic heterocycles. The molecule has 0 unspecified atom stereocenters. The Morgan fingerprint density at radius 3 is 2.59 bits per heavy atom. The lowest BCUT2D eigenvalue weighted by Crippen LogP contribution is -2.07. The minimum Gasteiger partial charge on any atom is -0.383 e. The summed E-state index contributed by atoms with van der Waals surface area (Å²) < 4.78 is 15.4. The zero-order valence-corrected chi connectivity index (χ0v) is 13.5. The van der Waals surface area contributed by atoms with Crippen molar-refractivity contribution in [3.8, 4) is 5.69 Å². The average molecular weight is 407 g/mol. The minimum absolute atomic E-state index is 0.190. The predicted molar refractivity (Wildman–Crippen MR) is 90.5 cm³/mol. The number of rotatable bonds is 3. The molecule has 3 aromatic rings. The highest BCUT2D eigenvalue weighted by molar-refractivity contribution is 14.1. The Bertz CT molecular complexity index is 843. The molecule has 0 amide bonds. The van der Waals surface area contributed by atoms with Crippen LogP contribution in [-0.2, 0) is 0 Å². The molecule has 2 N–H and O–H groups in total. The Labute approximate surface area is 139 Å². The smallest absolute Gasteiger partial charge is 0.198 e. The third-order valence-electron chi connectivity index (χ3n) is 3.21. The first-order valence-corrected chi connectivity index (χ1v) is 7.54. The van der Waals surface area contributed by atoms with Gasteiger partial charge in [-0.1, -0.05) is 12.1 Å². The second-order valence-corrected chi connectivity index (χ2v) is 5.92. The van der Waals surface area contributed by atoms with Crippen molar-refractivity contribution in [3.63, 3.8) is 0 Å². The van der Waals surface area contributed by atoms with E-state index in [4.69, 9.17) is 5.73 Å². The fourth-order valence-corrected chi connectivity index (χ4v) is 2.65. The molecule has 0 bridgehead atoms. The molecule has 0 radical (unpaired) electrons. The Morgan fingerprint density at radius 1 is 1.18 bits per heavy atom. The monoisotopic (exact) mass is 407 g/mol. The standard InChI is InChI=1S/C16H11FIN3O/c17-11-4-6-13(7-5-11)21-16(19)14(9-20-21)15(22)10-2-1-3-12(18)8-10/h1-9H,19H2. The molecular formula is C16H11FIN3O.